The Balaban J connectivity index is 1.74. The van der Waals surface area contributed by atoms with Crippen LogP contribution in [-0.4, -0.2) is 25.6 Å². The summed E-state index contributed by atoms with van der Waals surface area (Å²) in [6, 6.07) is 7.23. The first-order valence-electron chi connectivity index (χ1n) is 10.7. The number of fused-ring (bicyclic) bond motifs is 1. The number of hydrogen-bond acceptors (Lipinski definition) is 6. The zero-order chi connectivity index (χ0) is 21.3. The molecule has 0 spiro atoms. The average Bonchev–Trinajstić information content (AvgIpc) is 3.45. The van der Waals surface area contributed by atoms with Crippen LogP contribution in [0.2, 0.25) is 0 Å². The van der Waals surface area contributed by atoms with E-state index in [2.05, 4.69) is 36.3 Å². The van der Waals surface area contributed by atoms with Crippen molar-refractivity contribution in [2.45, 2.75) is 74.6 Å². The van der Waals surface area contributed by atoms with Crippen molar-refractivity contribution in [3.8, 4) is 0 Å². The number of sulfone groups is 1. The molecule has 0 saturated heterocycles. The fraction of sp³-hybridized carbons (Fsp3) is 0.522. The highest BCUT2D eigenvalue weighted by Crippen LogP contribution is 2.54. The number of nitrogens with one attached hydrogen (secondary N) is 1. The van der Waals surface area contributed by atoms with Gasteiger partial charge in [-0.1, -0.05) is 32.9 Å². The highest BCUT2D eigenvalue weighted by atomic mass is 32.2. The number of nitrogens with zero attached hydrogens (tertiary/aromatic N) is 2. The van der Waals surface area contributed by atoms with Gasteiger partial charge in [0.05, 0.1) is 21.8 Å². The third-order valence-electron chi connectivity index (χ3n) is 6.93. The molecule has 0 radical (unpaired) electrons. The van der Waals surface area contributed by atoms with Gasteiger partial charge in [0.15, 0.2) is 21.8 Å². The Morgan fingerprint density at radius 3 is 2.67 bits per heavy atom. The maximum atomic E-state index is 13.5. The SMILES string of the molecule is CC[C@]1(c2cccc(S(=O)(=O)C3CC3)c2)C2=CN=NC2NC2=C1C(=O)CC(C)(C)C2. The van der Waals surface area contributed by atoms with Gasteiger partial charge >= 0.3 is 0 Å². The van der Waals surface area contributed by atoms with E-state index in [1.54, 1.807) is 24.4 Å². The van der Waals surface area contributed by atoms with Gasteiger partial charge in [-0.2, -0.15) is 10.2 Å². The molecule has 5 rings (SSSR count). The summed E-state index contributed by atoms with van der Waals surface area (Å²) in [4.78, 5) is 13.8. The van der Waals surface area contributed by atoms with Crippen LogP contribution >= 0.6 is 0 Å². The Kier molecular flexibility index (Phi) is 4.17. The van der Waals surface area contributed by atoms with Crippen molar-refractivity contribution in [1.29, 1.82) is 0 Å². The molecule has 2 aliphatic carbocycles. The molecular formula is C23H27N3O3S. The molecule has 1 saturated carbocycles. The molecule has 1 aromatic carbocycles. The van der Waals surface area contributed by atoms with Crippen LogP contribution in [0.15, 0.2) is 62.4 Å². The number of allylic oxidation sites excluding steroid dienone is 2. The highest BCUT2D eigenvalue weighted by molar-refractivity contribution is 7.92. The minimum Gasteiger partial charge on any atom is -0.362 e. The Hall–Kier alpha value is -2.28. The molecule has 0 bridgehead atoms. The van der Waals surface area contributed by atoms with E-state index in [4.69, 9.17) is 0 Å². The van der Waals surface area contributed by atoms with Crippen LogP contribution in [0.25, 0.3) is 0 Å². The minimum atomic E-state index is -3.33. The number of hydrogen-bond donors (Lipinski definition) is 1. The molecular weight excluding hydrogens is 398 g/mol. The minimum absolute atomic E-state index is 0.123. The molecule has 158 valence electrons. The highest BCUT2D eigenvalue weighted by Gasteiger charge is 2.53. The topological polar surface area (TPSA) is 88.0 Å². The Morgan fingerprint density at radius 2 is 1.97 bits per heavy atom. The molecule has 30 heavy (non-hydrogen) atoms. The zero-order valence-corrected chi connectivity index (χ0v) is 18.4. The van der Waals surface area contributed by atoms with Gasteiger partial charge in [-0.15, -0.1) is 0 Å². The van der Waals surface area contributed by atoms with Crippen molar-refractivity contribution in [1.82, 2.24) is 5.32 Å². The van der Waals surface area contributed by atoms with Crippen molar-refractivity contribution in [3.63, 3.8) is 0 Å². The summed E-state index contributed by atoms with van der Waals surface area (Å²) in [6.45, 7) is 6.27. The molecule has 6 nitrogen and oxygen atoms in total. The summed E-state index contributed by atoms with van der Waals surface area (Å²) in [5, 5.41) is 11.7. The number of Topliss-reactive ketones (excluding diaryl/α,β-unsaturated/α-hetero) is 1. The summed E-state index contributed by atoms with van der Waals surface area (Å²) >= 11 is 0. The van der Waals surface area contributed by atoms with E-state index >= 15 is 0 Å². The van der Waals surface area contributed by atoms with Gasteiger partial charge in [-0.05, 0) is 48.8 Å². The average molecular weight is 426 g/mol. The Labute approximate surface area is 177 Å². The van der Waals surface area contributed by atoms with E-state index in [-0.39, 0.29) is 22.6 Å². The monoisotopic (exact) mass is 425 g/mol. The number of azo groups is 1. The number of ketones is 1. The predicted octanol–water partition coefficient (Wildman–Crippen LogP) is 4.19. The van der Waals surface area contributed by atoms with Crippen molar-refractivity contribution < 1.29 is 13.2 Å². The van der Waals surface area contributed by atoms with Crippen LogP contribution in [0.5, 0.6) is 0 Å². The van der Waals surface area contributed by atoms with Crippen LogP contribution in [0.4, 0.5) is 0 Å². The third-order valence-corrected chi connectivity index (χ3v) is 9.19. The Bertz CT molecular complexity index is 1140. The second-order valence-corrected chi connectivity index (χ2v) is 11.9. The molecule has 0 aromatic heterocycles. The molecule has 1 N–H and O–H groups in total. The van der Waals surface area contributed by atoms with Crippen LogP contribution in [0, 0.1) is 5.41 Å². The standard InChI is InChI=1S/C23H27N3O3S/c1-4-23(14-6-5-7-16(10-14)30(28,29)15-8-9-15)17-13-24-26-21(17)25-18-11-22(2,3)12-19(27)20(18)23/h5-7,10,13,15,21,25H,4,8-9,11-12H2,1-3H3/t21?,23-/m0/s1. The number of benzene rings is 1. The molecule has 1 unspecified atom stereocenters. The number of carbonyl (C=O) groups is 1. The van der Waals surface area contributed by atoms with Crippen molar-refractivity contribution >= 4 is 15.6 Å². The maximum Gasteiger partial charge on any atom is 0.181 e. The zero-order valence-electron chi connectivity index (χ0n) is 17.6. The fourth-order valence-electron chi connectivity index (χ4n) is 5.40. The second-order valence-electron chi connectivity index (χ2n) is 9.69. The first-order valence-corrected chi connectivity index (χ1v) is 12.2. The van der Waals surface area contributed by atoms with Gasteiger partial charge in [0.2, 0.25) is 0 Å². The summed E-state index contributed by atoms with van der Waals surface area (Å²) in [6.07, 6.45) is 4.76. The molecule has 1 fully saturated rings. The van der Waals surface area contributed by atoms with E-state index in [1.807, 2.05) is 6.07 Å². The molecule has 0 amide bonds. The van der Waals surface area contributed by atoms with Gasteiger partial charge < -0.3 is 5.32 Å². The van der Waals surface area contributed by atoms with E-state index in [1.165, 1.54) is 0 Å². The van der Waals surface area contributed by atoms with Gasteiger partial charge in [0, 0.05) is 23.3 Å². The normalized spacial score (nSPS) is 29.9. The Morgan fingerprint density at radius 1 is 1.20 bits per heavy atom. The number of carbonyl (C=O) groups excluding carboxylic acids is 1. The largest absolute Gasteiger partial charge is 0.362 e. The van der Waals surface area contributed by atoms with E-state index in [9.17, 15) is 13.2 Å². The smallest absolute Gasteiger partial charge is 0.181 e. The van der Waals surface area contributed by atoms with E-state index in [0.717, 1.165) is 41.7 Å². The molecule has 1 aromatic rings. The quantitative estimate of drug-likeness (QED) is 0.783. The predicted molar refractivity (Wildman–Crippen MR) is 114 cm³/mol. The lowest BCUT2D eigenvalue weighted by Crippen LogP contribution is -2.51. The molecule has 2 heterocycles. The van der Waals surface area contributed by atoms with Gasteiger partial charge in [-0.3, -0.25) is 4.79 Å². The van der Waals surface area contributed by atoms with Gasteiger partial charge in [0.25, 0.3) is 0 Å². The van der Waals surface area contributed by atoms with Crippen molar-refractivity contribution in [2.24, 2.45) is 15.6 Å². The first-order chi connectivity index (χ1) is 14.2. The van der Waals surface area contributed by atoms with E-state index in [0.29, 0.717) is 17.7 Å². The lowest BCUT2D eigenvalue weighted by atomic mass is 9.59. The van der Waals surface area contributed by atoms with Crippen molar-refractivity contribution in [2.75, 3.05) is 0 Å². The van der Waals surface area contributed by atoms with Crippen LogP contribution in [0.3, 0.4) is 0 Å². The molecule has 2 atom stereocenters. The second kappa shape index (κ2) is 6.36. The van der Waals surface area contributed by atoms with Crippen LogP contribution in [0.1, 0.15) is 58.4 Å². The third kappa shape index (κ3) is 2.74. The van der Waals surface area contributed by atoms with Crippen LogP contribution < -0.4 is 5.32 Å². The molecule has 4 aliphatic rings. The van der Waals surface area contributed by atoms with E-state index < -0.39 is 15.3 Å². The molecule has 2 aliphatic heterocycles. The fourth-order valence-corrected chi connectivity index (χ4v) is 7.10. The summed E-state index contributed by atoms with van der Waals surface area (Å²) in [5.41, 5.74) is 2.63. The lowest BCUT2D eigenvalue weighted by Gasteiger charge is -2.47. The summed E-state index contributed by atoms with van der Waals surface area (Å²) in [5.74, 6) is 0.123. The first kappa shape index (κ1) is 19.7. The van der Waals surface area contributed by atoms with Gasteiger partial charge in [-0.25, -0.2) is 8.42 Å². The lowest BCUT2D eigenvalue weighted by molar-refractivity contribution is -0.119. The van der Waals surface area contributed by atoms with Gasteiger partial charge in [0.1, 0.15) is 0 Å². The summed E-state index contributed by atoms with van der Waals surface area (Å²) < 4.78 is 25.9. The van der Waals surface area contributed by atoms with Crippen LogP contribution in [-0.2, 0) is 20.0 Å². The number of rotatable bonds is 4. The summed E-state index contributed by atoms with van der Waals surface area (Å²) in [7, 11) is -3.33. The maximum absolute atomic E-state index is 13.5. The molecule has 7 heteroatoms. The van der Waals surface area contributed by atoms with Crippen molar-refractivity contribution in [3.05, 3.63) is 52.9 Å².